The van der Waals surface area contributed by atoms with Gasteiger partial charge in [-0.1, -0.05) is 13.8 Å². The van der Waals surface area contributed by atoms with Gasteiger partial charge in [-0.2, -0.15) is 0 Å². The standard InChI is InChI=1S/C12H23N3O4S/c1-4-8-20(18,19)14-9(3)12(17)15-7-6-13-11(16)10(15)5-2/h9-10,14H,4-8H2,1-3H3,(H,13,16). The van der Waals surface area contributed by atoms with Crippen molar-refractivity contribution in [1.29, 1.82) is 0 Å². The van der Waals surface area contributed by atoms with Crippen LogP contribution in [0.3, 0.4) is 0 Å². The normalized spacial score (nSPS) is 21.4. The summed E-state index contributed by atoms with van der Waals surface area (Å²) in [4.78, 5) is 25.5. The number of nitrogens with zero attached hydrogens (tertiary/aromatic N) is 1. The van der Waals surface area contributed by atoms with Crippen molar-refractivity contribution < 1.29 is 18.0 Å². The molecule has 0 aliphatic carbocycles. The van der Waals surface area contributed by atoms with Crippen LogP contribution >= 0.6 is 0 Å². The summed E-state index contributed by atoms with van der Waals surface area (Å²) >= 11 is 0. The van der Waals surface area contributed by atoms with E-state index in [-0.39, 0.29) is 17.6 Å². The van der Waals surface area contributed by atoms with E-state index in [1.54, 1.807) is 6.92 Å². The van der Waals surface area contributed by atoms with Gasteiger partial charge in [-0.05, 0) is 19.8 Å². The average molecular weight is 305 g/mol. The van der Waals surface area contributed by atoms with Crippen molar-refractivity contribution >= 4 is 21.8 Å². The molecule has 0 radical (unpaired) electrons. The first-order chi connectivity index (χ1) is 9.32. The van der Waals surface area contributed by atoms with Crippen LogP contribution in [0.1, 0.15) is 33.6 Å². The Morgan fingerprint density at radius 1 is 1.50 bits per heavy atom. The number of piperazine rings is 1. The topological polar surface area (TPSA) is 95.6 Å². The average Bonchev–Trinajstić information content (AvgIpc) is 2.36. The molecule has 1 aliphatic rings. The lowest BCUT2D eigenvalue weighted by Crippen LogP contribution is -2.60. The Kier molecular flexibility index (Phi) is 5.94. The minimum atomic E-state index is -3.45. The predicted octanol–water partition coefficient (Wildman–Crippen LogP) is -0.559. The second-order valence-corrected chi connectivity index (χ2v) is 6.78. The van der Waals surface area contributed by atoms with E-state index in [1.807, 2.05) is 6.92 Å². The lowest BCUT2D eigenvalue weighted by Gasteiger charge is -2.36. The lowest BCUT2D eigenvalue weighted by molar-refractivity contribution is -0.144. The fourth-order valence-electron chi connectivity index (χ4n) is 2.28. The summed E-state index contributed by atoms with van der Waals surface area (Å²) in [6.07, 6.45) is 0.992. The molecule has 116 valence electrons. The lowest BCUT2D eigenvalue weighted by atomic mass is 10.1. The summed E-state index contributed by atoms with van der Waals surface area (Å²) in [5, 5.41) is 2.70. The number of sulfonamides is 1. The Hall–Kier alpha value is -1.15. The molecule has 2 unspecified atom stereocenters. The Morgan fingerprint density at radius 3 is 2.70 bits per heavy atom. The molecule has 2 N–H and O–H groups in total. The quantitative estimate of drug-likeness (QED) is 0.688. The molecule has 1 aliphatic heterocycles. The second kappa shape index (κ2) is 7.03. The first-order valence-corrected chi connectivity index (χ1v) is 8.55. The molecule has 0 aromatic rings. The molecule has 1 rings (SSSR count). The van der Waals surface area contributed by atoms with Crippen molar-refractivity contribution in [3.05, 3.63) is 0 Å². The summed E-state index contributed by atoms with van der Waals surface area (Å²) in [5.74, 6) is -0.551. The monoisotopic (exact) mass is 305 g/mol. The van der Waals surface area contributed by atoms with Crippen molar-refractivity contribution in [2.45, 2.75) is 45.7 Å². The maximum Gasteiger partial charge on any atom is 0.242 e. The van der Waals surface area contributed by atoms with Gasteiger partial charge in [0.05, 0.1) is 11.8 Å². The summed E-state index contributed by atoms with van der Waals surface area (Å²) in [5.41, 5.74) is 0. The van der Waals surface area contributed by atoms with Crippen LogP contribution in [0.25, 0.3) is 0 Å². The molecule has 7 nitrogen and oxygen atoms in total. The van der Waals surface area contributed by atoms with Gasteiger partial charge < -0.3 is 10.2 Å². The van der Waals surface area contributed by atoms with E-state index < -0.39 is 22.1 Å². The number of hydrogen-bond acceptors (Lipinski definition) is 4. The Labute approximate surface area is 120 Å². The molecular weight excluding hydrogens is 282 g/mol. The van der Waals surface area contributed by atoms with Gasteiger partial charge in [0.2, 0.25) is 21.8 Å². The zero-order valence-electron chi connectivity index (χ0n) is 12.2. The Bertz CT molecular complexity index is 463. The first kappa shape index (κ1) is 16.9. The first-order valence-electron chi connectivity index (χ1n) is 6.90. The number of amides is 2. The number of carbonyl (C=O) groups is 2. The zero-order chi connectivity index (χ0) is 15.3. The van der Waals surface area contributed by atoms with Crippen LogP contribution in [0.2, 0.25) is 0 Å². The largest absolute Gasteiger partial charge is 0.353 e. The fraction of sp³-hybridized carbons (Fsp3) is 0.833. The highest BCUT2D eigenvalue weighted by Crippen LogP contribution is 2.10. The van der Waals surface area contributed by atoms with Gasteiger partial charge in [0.1, 0.15) is 6.04 Å². The van der Waals surface area contributed by atoms with E-state index in [0.29, 0.717) is 25.9 Å². The Morgan fingerprint density at radius 2 is 2.15 bits per heavy atom. The highest BCUT2D eigenvalue weighted by Gasteiger charge is 2.34. The highest BCUT2D eigenvalue weighted by molar-refractivity contribution is 7.89. The van der Waals surface area contributed by atoms with Crippen LogP contribution in [0, 0.1) is 0 Å². The van der Waals surface area contributed by atoms with Crippen LogP contribution in [0.5, 0.6) is 0 Å². The molecule has 0 aromatic heterocycles. The number of carbonyl (C=O) groups excluding carboxylic acids is 2. The zero-order valence-corrected chi connectivity index (χ0v) is 13.0. The molecule has 20 heavy (non-hydrogen) atoms. The molecule has 0 aromatic carbocycles. The fourth-order valence-corrected chi connectivity index (χ4v) is 3.58. The van der Waals surface area contributed by atoms with Crippen LogP contribution in [-0.4, -0.2) is 56.1 Å². The minimum absolute atomic E-state index is 0.0116. The van der Waals surface area contributed by atoms with Gasteiger partial charge in [0.25, 0.3) is 0 Å². The van der Waals surface area contributed by atoms with Gasteiger partial charge in [-0.15, -0.1) is 0 Å². The van der Waals surface area contributed by atoms with E-state index in [2.05, 4.69) is 10.0 Å². The minimum Gasteiger partial charge on any atom is -0.353 e. The van der Waals surface area contributed by atoms with Gasteiger partial charge in [-0.25, -0.2) is 13.1 Å². The maximum atomic E-state index is 12.3. The Balaban J connectivity index is 2.75. The van der Waals surface area contributed by atoms with Gasteiger partial charge in [0, 0.05) is 13.1 Å². The second-order valence-electron chi connectivity index (χ2n) is 4.91. The van der Waals surface area contributed by atoms with E-state index >= 15 is 0 Å². The van der Waals surface area contributed by atoms with Crippen LogP contribution in [0.15, 0.2) is 0 Å². The van der Waals surface area contributed by atoms with Gasteiger partial charge >= 0.3 is 0 Å². The molecule has 2 amide bonds. The van der Waals surface area contributed by atoms with Crippen molar-refractivity contribution in [2.24, 2.45) is 0 Å². The number of nitrogens with one attached hydrogen (secondary N) is 2. The van der Waals surface area contributed by atoms with Crippen LogP contribution in [-0.2, 0) is 19.6 Å². The van der Waals surface area contributed by atoms with Gasteiger partial charge in [0.15, 0.2) is 0 Å². The highest BCUT2D eigenvalue weighted by atomic mass is 32.2. The SMILES string of the molecule is CCCS(=O)(=O)NC(C)C(=O)N1CCNC(=O)C1CC. The summed E-state index contributed by atoms with van der Waals surface area (Å²) in [6, 6.07) is -1.37. The predicted molar refractivity (Wildman–Crippen MR) is 75.5 cm³/mol. The summed E-state index contributed by atoms with van der Waals surface area (Å²) in [6.45, 7) is 5.89. The van der Waals surface area contributed by atoms with Crippen LogP contribution in [0.4, 0.5) is 0 Å². The van der Waals surface area contributed by atoms with E-state index in [9.17, 15) is 18.0 Å². The van der Waals surface area contributed by atoms with Crippen molar-refractivity contribution in [2.75, 3.05) is 18.8 Å². The van der Waals surface area contributed by atoms with Crippen molar-refractivity contribution in [3.8, 4) is 0 Å². The van der Waals surface area contributed by atoms with E-state index in [1.165, 1.54) is 11.8 Å². The third-order valence-electron chi connectivity index (χ3n) is 3.20. The molecule has 0 bridgehead atoms. The molecular formula is C12H23N3O4S. The van der Waals surface area contributed by atoms with Crippen molar-refractivity contribution in [1.82, 2.24) is 14.9 Å². The van der Waals surface area contributed by atoms with Gasteiger partial charge in [-0.3, -0.25) is 9.59 Å². The van der Waals surface area contributed by atoms with Crippen molar-refractivity contribution in [3.63, 3.8) is 0 Å². The smallest absolute Gasteiger partial charge is 0.242 e. The third-order valence-corrected chi connectivity index (χ3v) is 4.86. The third kappa shape index (κ3) is 4.17. The number of hydrogen-bond donors (Lipinski definition) is 2. The molecule has 2 atom stereocenters. The molecule has 8 heteroatoms. The molecule has 0 saturated carbocycles. The summed E-state index contributed by atoms with van der Waals surface area (Å²) < 4.78 is 25.7. The molecule has 1 fully saturated rings. The molecule has 1 heterocycles. The van der Waals surface area contributed by atoms with E-state index in [4.69, 9.17) is 0 Å². The molecule has 0 spiro atoms. The maximum absolute atomic E-state index is 12.3. The van der Waals surface area contributed by atoms with Crippen LogP contribution < -0.4 is 10.0 Å². The number of rotatable bonds is 6. The van der Waals surface area contributed by atoms with E-state index in [0.717, 1.165) is 0 Å². The molecule has 1 saturated heterocycles. The summed E-state index contributed by atoms with van der Waals surface area (Å²) in [7, 11) is -3.45.